The van der Waals surface area contributed by atoms with E-state index in [-0.39, 0.29) is 11.1 Å². The molecule has 1 aromatic heterocycles. The molecule has 0 aliphatic heterocycles. The average molecular weight is 330 g/mol. The maximum atomic E-state index is 13.3. The van der Waals surface area contributed by atoms with E-state index in [0.717, 1.165) is 23.5 Å². The Balaban J connectivity index is 2.33. The highest BCUT2D eigenvalue weighted by atomic mass is 35.5. The summed E-state index contributed by atoms with van der Waals surface area (Å²) in [6.45, 7) is 4.67. The topological polar surface area (TPSA) is 29.9 Å². The number of hydrogen-bond acceptors (Lipinski definition) is 2. The van der Waals surface area contributed by atoms with Crippen LogP contribution in [0.4, 0.5) is 4.39 Å². The first kappa shape index (κ1) is 16.3. The molecule has 1 aromatic carbocycles. The van der Waals surface area contributed by atoms with E-state index >= 15 is 0 Å². The van der Waals surface area contributed by atoms with Crippen molar-refractivity contribution in [1.82, 2.24) is 15.1 Å². The molecule has 0 bridgehead atoms. The molecule has 0 aliphatic rings. The van der Waals surface area contributed by atoms with Crippen LogP contribution in [-0.4, -0.2) is 16.8 Å². The molecule has 1 heterocycles. The second kappa shape index (κ2) is 6.77. The van der Waals surface area contributed by atoms with Crippen molar-refractivity contribution in [1.29, 1.82) is 0 Å². The van der Waals surface area contributed by atoms with Gasteiger partial charge in [0, 0.05) is 19.0 Å². The number of hydrogen-bond donors (Lipinski definition) is 1. The number of aromatic nitrogens is 2. The quantitative estimate of drug-likeness (QED) is 0.892. The van der Waals surface area contributed by atoms with Crippen LogP contribution < -0.4 is 5.32 Å². The van der Waals surface area contributed by atoms with Crippen molar-refractivity contribution in [2.24, 2.45) is 0 Å². The third-order valence-electron chi connectivity index (χ3n) is 3.54. The Morgan fingerprint density at radius 3 is 2.67 bits per heavy atom. The van der Waals surface area contributed by atoms with Crippen LogP contribution in [0, 0.1) is 12.7 Å². The third-order valence-corrected chi connectivity index (χ3v) is 4.33. The molecule has 0 aliphatic carbocycles. The Bertz CT molecular complexity index is 640. The molecule has 6 heteroatoms. The number of halogens is 3. The fourth-order valence-electron chi connectivity index (χ4n) is 2.37. The molecular weight excluding hydrogens is 312 g/mol. The summed E-state index contributed by atoms with van der Waals surface area (Å²) in [6.07, 6.45) is 0.659. The van der Waals surface area contributed by atoms with Gasteiger partial charge in [-0.25, -0.2) is 4.39 Å². The molecule has 2 rings (SSSR count). The average Bonchev–Trinajstić information content (AvgIpc) is 2.75. The maximum absolute atomic E-state index is 13.3. The van der Waals surface area contributed by atoms with Gasteiger partial charge in [-0.3, -0.25) is 4.68 Å². The molecule has 0 radical (unpaired) electrons. The summed E-state index contributed by atoms with van der Waals surface area (Å²) in [5, 5.41) is 8.44. The Morgan fingerprint density at radius 2 is 2.10 bits per heavy atom. The molecular formula is C15H18Cl2FN3. The lowest BCUT2D eigenvalue weighted by Gasteiger charge is -2.18. The van der Waals surface area contributed by atoms with Gasteiger partial charge in [0.25, 0.3) is 0 Å². The van der Waals surface area contributed by atoms with Gasteiger partial charge in [-0.1, -0.05) is 29.3 Å². The first-order chi connectivity index (χ1) is 9.97. The van der Waals surface area contributed by atoms with Crippen LogP contribution in [0.1, 0.15) is 29.9 Å². The van der Waals surface area contributed by atoms with Gasteiger partial charge in [0.05, 0.1) is 21.4 Å². The largest absolute Gasteiger partial charge is 0.313 e. The number of likely N-dealkylation sites (N-methyl/N-ethyl adjacent to an activating group) is 1. The summed E-state index contributed by atoms with van der Waals surface area (Å²) >= 11 is 12.2. The zero-order valence-electron chi connectivity index (χ0n) is 12.3. The lowest BCUT2D eigenvalue weighted by Crippen LogP contribution is -2.20. The lowest BCUT2D eigenvalue weighted by molar-refractivity contribution is 0.539. The SMILES string of the molecule is CCn1nc(C)c(Cl)c1CC(NC)c1ccc(F)c(Cl)c1. The molecule has 2 aromatic rings. The number of rotatable bonds is 5. The van der Waals surface area contributed by atoms with Crippen LogP contribution in [0.15, 0.2) is 18.2 Å². The molecule has 3 nitrogen and oxygen atoms in total. The van der Waals surface area contributed by atoms with Gasteiger partial charge in [-0.15, -0.1) is 0 Å². The van der Waals surface area contributed by atoms with Crippen LogP contribution in [0.2, 0.25) is 10.0 Å². The molecule has 0 saturated carbocycles. The van der Waals surface area contributed by atoms with Gasteiger partial charge < -0.3 is 5.32 Å². The standard InChI is InChI=1S/C15H18Cl2FN3/c1-4-21-14(15(17)9(2)20-21)8-13(19-3)10-5-6-12(18)11(16)7-10/h5-7,13,19H,4,8H2,1-3H3. The van der Waals surface area contributed by atoms with Gasteiger partial charge in [-0.2, -0.15) is 5.10 Å². The van der Waals surface area contributed by atoms with Crippen molar-refractivity contribution in [2.45, 2.75) is 32.9 Å². The van der Waals surface area contributed by atoms with Gasteiger partial charge >= 0.3 is 0 Å². The molecule has 1 N–H and O–H groups in total. The predicted octanol–water partition coefficient (Wildman–Crippen LogP) is 4.16. The maximum Gasteiger partial charge on any atom is 0.141 e. The fraction of sp³-hybridized carbons (Fsp3) is 0.400. The highest BCUT2D eigenvalue weighted by Gasteiger charge is 2.19. The second-order valence-corrected chi connectivity index (χ2v) is 5.67. The molecule has 0 amide bonds. The highest BCUT2D eigenvalue weighted by molar-refractivity contribution is 6.32. The Morgan fingerprint density at radius 1 is 1.38 bits per heavy atom. The Kier molecular flexibility index (Phi) is 5.25. The Labute approximate surface area is 134 Å². The Hall–Kier alpha value is -1.10. The highest BCUT2D eigenvalue weighted by Crippen LogP contribution is 2.28. The zero-order valence-corrected chi connectivity index (χ0v) is 13.8. The molecule has 0 spiro atoms. The van der Waals surface area contributed by atoms with E-state index in [9.17, 15) is 4.39 Å². The van der Waals surface area contributed by atoms with Crippen molar-refractivity contribution in [3.63, 3.8) is 0 Å². The predicted molar refractivity (Wildman–Crippen MR) is 84.6 cm³/mol. The lowest BCUT2D eigenvalue weighted by atomic mass is 10.0. The number of aryl methyl sites for hydroxylation is 2. The van der Waals surface area contributed by atoms with Crippen LogP contribution in [0.3, 0.4) is 0 Å². The molecule has 114 valence electrons. The van der Waals surface area contributed by atoms with Crippen molar-refractivity contribution in [2.75, 3.05) is 7.05 Å². The van der Waals surface area contributed by atoms with Gasteiger partial charge in [0.2, 0.25) is 0 Å². The van der Waals surface area contributed by atoms with E-state index < -0.39 is 5.82 Å². The van der Waals surface area contributed by atoms with Crippen molar-refractivity contribution in [3.05, 3.63) is 51.0 Å². The first-order valence-corrected chi connectivity index (χ1v) is 7.57. The molecule has 21 heavy (non-hydrogen) atoms. The number of nitrogens with one attached hydrogen (secondary N) is 1. The van der Waals surface area contributed by atoms with E-state index in [1.807, 2.05) is 25.6 Å². The van der Waals surface area contributed by atoms with Gasteiger partial charge in [-0.05, 0) is 38.6 Å². The van der Waals surface area contributed by atoms with Crippen molar-refractivity contribution >= 4 is 23.2 Å². The van der Waals surface area contributed by atoms with Gasteiger partial charge in [0.1, 0.15) is 5.82 Å². The van der Waals surface area contributed by atoms with Gasteiger partial charge in [0.15, 0.2) is 0 Å². The number of benzene rings is 1. The minimum Gasteiger partial charge on any atom is -0.313 e. The van der Waals surface area contributed by atoms with E-state index in [0.29, 0.717) is 11.4 Å². The summed E-state index contributed by atoms with van der Waals surface area (Å²) in [6, 6.07) is 4.75. The number of nitrogens with zero attached hydrogens (tertiary/aromatic N) is 2. The molecule has 0 fully saturated rings. The van der Waals surface area contributed by atoms with Crippen molar-refractivity contribution in [3.8, 4) is 0 Å². The smallest absolute Gasteiger partial charge is 0.141 e. The fourth-order valence-corrected chi connectivity index (χ4v) is 2.77. The monoisotopic (exact) mass is 329 g/mol. The zero-order chi connectivity index (χ0) is 15.6. The van der Waals surface area contributed by atoms with E-state index in [4.69, 9.17) is 23.2 Å². The van der Waals surface area contributed by atoms with E-state index in [2.05, 4.69) is 10.4 Å². The normalized spacial score (nSPS) is 12.7. The summed E-state index contributed by atoms with van der Waals surface area (Å²) in [5.41, 5.74) is 2.71. The second-order valence-electron chi connectivity index (χ2n) is 4.88. The molecule has 1 unspecified atom stereocenters. The van der Waals surface area contributed by atoms with E-state index in [1.54, 1.807) is 12.1 Å². The van der Waals surface area contributed by atoms with Crippen LogP contribution >= 0.6 is 23.2 Å². The van der Waals surface area contributed by atoms with Crippen molar-refractivity contribution < 1.29 is 4.39 Å². The molecule has 1 atom stereocenters. The van der Waals surface area contributed by atoms with E-state index in [1.165, 1.54) is 6.07 Å². The molecule has 0 saturated heterocycles. The van der Waals surface area contributed by atoms with Crippen LogP contribution in [0.25, 0.3) is 0 Å². The van der Waals surface area contributed by atoms with Crippen LogP contribution in [-0.2, 0) is 13.0 Å². The summed E-state index contributed by atoms with van der Waals surface area (Å²) in [5.74, 6) is -0.414. The van der Waals surface area contributed by atoms with Crippen LogP contribution in [0.5, 0.6) is 0 Å². The minimum absolute atomic E-state index is 0.0120. The summed E-state index contributed by atoms with van der Waals surface area (Å²) < 4.78 is 15.2. The summed E-state index contributed by atoms with van der Waals surface area (Å²) in [7, 11) is 1.86. The minimum atomic E-state index is -0.414. The first-order valence-electron chi connectivity index (χ1n) is 6.81. The third kappa shape index (κ3) is 3.39. The summed E-state index contributed by atoms with van der Waals surface area (Å²) in [4.78, 5) is 0.